The van der Waals surface area contributed by atoms with E-state index in [1.165, 1.54) is 4.90 Å². The number of hydrogen-bond donors (Lipinski definition) is 0. The molecular formula is C26H23ClN2O3. The van der Waals surface area contributed by atoms with Gasteiger partial charge in [0, 0.05) is 11.6 Å². The number of benzene rings is 3. The molecule has 4 rings (SSSR count). The molecule has 162 valence electrons. The Bertz CT molecular complexity index is 1100. The first kappa shape index (κ1) is 21.8. The molecule has 0 aliphatic carbocycles. The van der Waals surface area contributed by atoms with Crippen LogP contribution in [0.15, 0.2) is 84.9 Å². The lowest BCUT2D eigenvalue weighted by Gasteiger charge is -2.28. The van der Waals surface area contributed by atoms with Gasteiger partial charge in [0.2, 0.25) is 11.8 Å². The molecule has 1 aliphatic rings. The molecule has 3 amide bonds. The van der Waals surface area contributed by atoms with E-state index in [1.807, 2.05) is 36.4 Å². The molecule has 32 heavy (non-hydrogen) atoms. The zero-order valence-electron chi connectivity index (χ0n) is 17.5. The fraction of sp³-hybridized carbons (Fsp3) is 0.192. The molecule has 1 heterocycles. The van der Waals surface area contributed by atoms with Crippen LogP contribution in [0.2, 0.25) is 5.02 Å². The van der Waals surface area contributed by atoms with Crippen molar-refractivity contribution in [3.63, 3.8) is 0 Å². The number of carbonyl (C=O) groups excluding carboxylic acids is 3. The summed E-state index contributed by atoms with van der Waals surface area (Å²) >= 11 is 5.96. The quantitative estimate of drug-likeness (QED) is 0.509. The van der Waals surface area contributed by atoms with Crippen molar-refractivity contribution in [1.29, 1.82) is 0 Å². The van der Waals surface area contributed by atoms with E-state index in [0.29, 0.717) is 23.7 Å². The van der Waals surface area contributed by atoms with Gasteiger partial charge in [-0.3, -0.25) is 14.4 Å². The maximum atomic E-state index is 13.3. The molecule has 0 aromatic heterocycles. The van der Waals surface area contributed by atoms with Gasteiger partial charge in [0.05, 0.1) is 18.5 Å². The molecule has 1 atom stereocenters. The average Bonchev–Trinajstić information content (AvgIpc) is 3.10. The fourth-order valence-electron chi connectivity index (χ4n) is 3.93. The van der Waals surface area contributed by atoms with Crippen molar-refractivity contribution < 1.29 is 14.4 Å². The number of para-hydroxylation sites is 1. The van der Waals surface area contributed by atoms with E-state index < -0.39 is 6.04 Å². The second-order valence-electron chi connectivity index (χ2n) is 7.75. The van der Waals surface area contributed by atoms with Crippen LogP contribution in [0.1, 0.15) is 17.5 Å². The molecule has 0 saturated carbocycles. The lowest BCUT2D eigenvalue weighted by atomic mass is 10.1. The minimum atomic E-state index is -0.814. The van der Waals surface area contributed by atoms with Gasteiger partial charge in [0.1, 0.15) is 6.04 Å². The summed E-state index contributed by atoms with van der Waals surface area (Å²) in [6.07, 6.45) is 0.709. The Hall–Kier alpha value is -3.44. The van der Waals surface area contributed by atoms with Crippen LogP contribution in [0, 0.1) is 0 Å². The second kappa shape index (κ2) is 9.79. The van der Waals surface area contributed by atoms with Gasteiger partial charge in [0.15, 0.2) is 0 Å². The topological polar surface area (TPSA) is 57.7 Å². The molecule has 0 bridgehead atoms. The van der Waals surface area contributed by atoms with Gasteiger partial charge in [-0.05, 0) is 41.8 Å². The molecule has 0 radical (unpaired) electrons. The third-order valence-electron chi connectivity index (χ3n) is 5.59. The number of rotatable bonds is 7. The van der Waals surface area contributed by atoms with Gasteiger partial charge in [-0.25, -0.2) is 4.90 Å². The van der Waals surface area contributed by atoms with E-state index in [-0.39, 0.29) is 30.6 Å². The van der Waals surface area contributed by atoms with Crippen molar-refractivity contribution in [2.75, 3.05) is 11.4 Å². The number of carbonyl (C=O) groups is 3. The average molecular weight is 447 g/mol. The van der Waals surface area contributed by atoms with E-state index in [2.05, 4.69) is 0 Å². The highest BCUT2D eigenvalue weighted by Gasteiger charge is 2.44. The van der Waals surface area contributed by atoms with Crippen molar-refractivity contribution in [2.24, 2.45) is 0 Å². The van der Waals surface area contributed by atoms with Crippen molar-refractivity contribution in [1.82, 2.24) is 4.90 Å². The Kier molecular flexibility index (Phi) is 6.66. The summed E-state index contributed by atoms with van der Waals surface area (Å²) in [7, 11) is 0. The summed E-state index contributed by atoms with van der Waals surface area (Å²) < 4.78 is 0. The van der Waals surface area contributed by atoms with Crippen LogP contribution in [0.25, 0.3) is 0 Å². The number of anilines is 1. The Morgan fingerprint density at radius 1 is 0.875 bits per heavy atom. The molecule has 5 nitrogen and oxygen atoms in total. The van der Waals surface area contributed by atoms with Gasteiger partial charge in [-0.2, -0.15) is 0 Å². The van der Waals surface area contributed by atoms with Gasteiger partial charge < -0.3 is 4.90 Å². The molecule has 1 fully saturated rings. The third-order valence-corrected chi connectivity index (χ3v) is 5.84. The molecule has 0 spiro atoms. The lowest BCUT2D eigenvalue weighted by molar-refractivity contribution is -0.137. The maximum Gasteiger partial charge on any atom is 0.257 e. The highest BCUT2D eigenvalue weighted by molar-refractivity contribution is 6.30. The Labute approximate surface area is 192 Å². The highest BCUT2D eigenvalue weighted by Crippen LogP contribution is 2.26. The first-order chi connectivity index (χ1) is 15.5. The number of amides is 3. The van der Waals surface area contributed by atoms with E-state index in [9.17, 15) is 14.4 Å². The summed E-state index contributed by atoms with van der Waals surface area (Å²) in [5.41, 5.74) is 2.40. The van der Waals surface area contributed by atoms with Crippen LogP contribution in [0.3, 0.4) is 0 Å². The Balaban J connectivity index is 1.57. The Morgan fingerprint density at radius 3 is 2.16 bits per heavy atom. The standard InChI is InChI=1S/C26H23ClN2O3/c27-21-13-11-20(12-14-21)17-24(30)28(16-15-19-7-3-1-4-8-19)23-18-25(31)29(26(23)32)22-9-5-2-6-10-22/h1-14,23H,15-18H2. The zero-order valence-corrected chi connectivity index (χ0v) is 18.2. The van der Waals surface area contributed by atoms with Gasteiger partial charge in [0.25, 0.3) is 5.91 Å². The molecule has 1 unspecified atom stereocenters. The number of imide groups is 1. The normalized spacial score (nSPS) is 15.8. The molecule has 3 aromatic rings. The van der Waals surface area contributed by atoms with E-state index >= 15 is 0 Å². The van der Waals surface area contributed by atoms with Crippen molar-refractivity contribution >= 4 is 35.0 Å². The summed E-state index contributed by atoms with van der Waals surface area (Å²) in [5, 5.41) is 0.595. The number of nitrogens with zero attached hydrogens (tertiary/aromatic N) is 2. The third kappa shape index (κ3) is 4.89. The summed E-state index contributed by atoms with van der Waals surface area (Å²) in [4.78, 5) is 42.1. The van der Waals surface area contributed by atoms with Gasteiger partial charge >= 0.3 is 0 Å². The molecule has 1 aliphatic heterocycles. The van der Waals surface area contributed by atoms with Crippen LogP contribution in [0.5, 0.6) is 0 Å². The fourth-order valence-corrected chi connectivity index (χ4v) is 4.06. The molecular weight excluding hydrogens is 424 g/mol. The Morgan fingerprint density at radius 2 is 1.50 bits per heavy atom. The van der Waals surface area contributed by atoms with Gasteiger partial charge in [-0.15, -0.1) is 0 Å². The van der Waals surface area contributed by atoms with Crippen LogP contribution in [-0.2, 0) is 27.2 Å². The zero-order chi connectivity index (χ0) is 22.5. The minimum Gasteiger partial charge on any atom is -0.329 e. The minimum absolute atomic E-state index is 0.0190. The molecule has 3 aromatic carbocycles. The summed E-state index contributed by atoms with van der Waals surface area (Å²) in [6, 6.07) is 24.9. The predicted molar refractivity (Wildman–Crippen MR) is 124 cm³/mol. The number of halogens is 1. The van der Waals surface area contributed by atoms with Crippen LogP contribution in [0.4, 0.5) is 5.69 Å². The van der Waals surface area contributed by atoms with Gasteiger partial charge in [-0.1, -0.05) is 72.3 Å². The van der Waals surface area contributed by atoms with Crippen molar-refractivity contribution in [2.45, 2.75) is 25.3 Å². The molecule has 0 N–H and O–H groups in total. The SMILES string of the molecule is O=C1CC(N(CCc2ccccc2)C(=O)Cc2ccc(Cl)cc2)C(=O)N1c1ccccc1. The monoisotopic (exact) mass is 446 g/mol. The largest absolute Gasteiger partial charge is 0.329 e. The van der Waals surface area contributed by atoms with Crippen LogP contribution < -0.4 is 4.90 Å². The lowest BCUT2D eigenvalue weighted by Crippen LogP contribution is -2.47. The molecule has 6 heteroatoms. The van der Waals surface area contributed by atoms with Crippen molar-refractivity contribution in [3.8, 4) is 0 Å². The van der Waals surface area contributed by atoms with E-state index in [0.717, 1.165) is 11.1 Å². The van der Waals surface area contributed by atoms with Crippen LogP contribution >= 0.6 is 11.6 Å². The first-order valence-corrected chi connectivity index (χ1v) is 10.9. The predicted octanol–water partition coefficient (Wildman–Crippen LogP) is 4.29. The van der Waals surface area contributed by atoms with Crippen molar-refractivity contribution in [3.05, 3.63) is 101 Å². The summed E-state index contributed by atoms with van der Waals surface area (Å²) in [6.45, 7) is 0.350. The second-order valence-corrected chi connectivity index (χ2v) is 8.19. The maximum absolute atomic E-state index is 13.3. The highest BCUT2D eigenvalue weighted by atomic mass is 35.5. The molecule has 1 saturated heterocycles. The first-order valence-electron chi connectivity index (χ1n) is 10.5. The summed E-state index contributed by atoms with van der Waals surface area (Å²) in [5.74, 6) is -0.849. The number of hydrogen-bond acceptors (Lipinski definition) is 3. The van der Waals surface area contributed by atoms with E-state index in [1.54, 1.807) is 53.4 Å². The van der Waals surface area contributed by atoms with Crippen LogP contribution in [-0.4, -0.2) is 35.2 Å². The smallest absolute Gasteiger partial charge is 0.257 e. The van der Waals surface area contributed by atoms with E-state index in [4.69, 9.17) is 11.6 Å².